The van der Waals surface area contributed by atoms with Crippen molar-refractivity contribution in [3.8, 4) is 18.1 Å². The van der Waals surface area contributed by atoms with Gasteiger partial charge in [0, 0.05) is 6.61 Å². The van der Waals surface area contributed by atoms with E-state index in [1.165, 1.54) is 11.8 Å². The summed E-state index contributed by atoms with van der Waals surface area (Å²) < 4.78 is 10.8. The van der Waals surface area contributed by atoms with Crippen molar-refractivity contribution in [1.82, 2.24) is 4.90 Å². The first kappa shape index (κ1) is 20.7. The second-order valence-corrected chi connectivity index (χ2v) is 7.07. The predicted octanol–water partition coefficient (Wildman–Crippen LogP) is 4.34. The number of thioether (sulfide) groups is 1. The van der Waals surface area contributed by atoms with E-state index in [1.54, 1.807) is 4.90 Å². The lowest BCUT2D eigenvalue weighted by Crippen LogP contribution is -2.32. The minimum absolute atomic E-state index is 0.0722. The molecule has 2 aromatic rings. The largest absolute Gasteiger partial charge is 0.481 e. The van der Waals surface area contributed by atoms with E-state index in [1.807, 2.05) is 67.6 Å². The Morgan fingerprint density at radius 3 is 2.62 bits per heavy atom. The minimum Gasteiger partial charge on any atom is -0.481 e. The quantitative estimate of drug-likeness (QED) is 0.372. The highest BCUT2D eigenvalue weighted by Gasteiger charge is 2.33. The van der Waals surface area contributed by atoms with E-state index < -0.39 is 0 Å². The van der Waals surface area contributed by atoms with Crippen LogP contribution in [0.3, 0.4) is 0 Å². The van der Waals surface area contributed by atoms with Crippen molar-refractivity contribution in [2.45, 2.75) is 6.92 Å². The lowest BCUT2D eigenvalue weighted by Gasteiger charge is -2.15. The third-order valence-electron chi connectivity index (χ3n) is 4.03. The number of rotatable bonds is 8. The molecule has 0 unspecified atom stereocenters. The topological polar surface area (TPSA) is 51.1 Å². The first-order valence-corrected chi connectivity index (χ1v) is 10.1. The van der Waals surface area contributed by atoms with E-state index in [9.17, 15) is 4.79 Å². The van der Waals surface area contributed by atoms with Crippen LogP contribution in [0.25, 0.3) is 6.08 Å². The number of terminal acetylenes is 1. The number of carbonyl (C=O) groups is 1. The molecule has 1 amide bonds. The van der Waals surface area contributed by atoms with E-state index in [0.29, 0.717) is 35.6 Å². The van der Waals surface area contributed by atoms with Gasteiger partial charge in [0.05, 0.1) is 23.7 Å². The fourth-order valence-corrected chi connectivity index (χ4v) is 3.66. The van der Waals surface area contributed by atoms with Gasteiger partial charge in [-0.2, -0.15) is 0 Å². The maximum absolute atomic E-state index is 13.0. The highest BCUT2D eigenvalue weighted by Crippen LogP contribution is 2.34. The van der Waals surface area contributed by atoms with E-state index in [2.05, 4.69) is 10.9 Å². The molecular weight excluding hydrogens is 384 g/mol. The van der Waals surface area contributed by atoms with Crippen LogP contribution >= 0.6 is 11.8 Å². The highest BCUT2D eigenvalue weighted by molar-refractivity contribution is 8.18. The molecule has 1 aliphatic heterocycles. The third kappa shape index (κ3) is 5.74. The normalized spacial score (nSPS) is 16.4. The van der Waals surface area contributed by atoms with Gasteiger partial charge in [-0.1, -0.05) is 36.3 Å². The SMILES string of the molecule is C#CCOc1ccc(/C=C2\SC(=Nc3ccccc3)N(CCOCC)C2=O)cc1. The summed E-state index contributed by atoms with van der Waals surface area (Å²) >= 11 is 1.37. The molecule has 6 heteroatoms. The van der Waals surface area contributed by atoms with Crippen LogP contribution in [0, 0.1) is 12.3 Å². The molecule has 1 heterocycles. The Kier molecular flexibility index (Phi) is 7.51. The lowest BCUT2D eigenvalue weighted by molar-refractivity contribution is -0.122. The van der Waals surface area contributed by atoms with Gasteiger partial charge in [-0.25, -0.2) is 4.99 Å². The highest BCUT2D eigenvalue weighted by atomic mass is 32.2. The van der Waals surface area contributed by atoms with Gasteiger partial charge in [-0.15, -0.1) is 6.42 Å². The zero-order chi connectivity index (χ0) is 20.5. The van der Waals surface area contributed by atoms with Crippen molar-refractivity contribution in [3.05, 3.63) is 65.1 Å². The van der Waals surface area contributed by atoms with Gasteiger partial charge in [-0.05, 0) is 54.6 Å². The number of ether oxygens (including phenoxy) is 2. The number of carbonyl (C=O) groups excluding carboxylic acids is 1. The minimum atomic E-state index is -0.0722. The molecule has 0 radical (unpaired) electrons. The standard InChI is InChI=1S/C23H22N2O3S/c1-3-15-28-20-12-10-18(11-13-20)17-21-22(26)25(14-16-27-4-2)23(29-21)24-19-8-6-5-7-9-19/h1,5-13,17H,4,14-16H2,2H3/b21-17-,24-23?. The Labute approximate surface area is 175 Å². The van der Waals surface area contributed by atoms with Crippen LogP contribution in [0.4, 0.5) is 5.69 Å². The van der Waals surface area contributed by atoms with Crippen LogP contribution in [0.2, 0.25) is 0 Å². The molecule has 1 fully saturated rings. The second kappa shape index (κ2) is 10.5. The van der Waals surface area contributed by atoms with Crippen molar-refractivity contribution >= 4 is 34.6 Å². The molecule has 0 aromatic heterocycles. The first-order chi connectivity index (χ1) is 14.2. The Bertz CT molecular complexity index is 931. The summed E-state index contributed by atoms with van der Waals surface area (Å²) in [6, 6.07) is 17.1. The summed E-state index contributed by atoms with van der Waals surface area (Å²) in [6.45, 7) is 3.69. The smallest absolute Gasteiger partial charge is 0.266 e. The lowest BCUT2D eigenvalue weighted by atomic mass is 10.2. The Morgan fingerprint density at radius 2 is 1.93 bits per heavy atom. The van der Waals surface area contributed by atoms with Gasteiger partial charge in [0.2, 0.25) is 0 Å². The number of hydrogen-bond donors (Lipinski definition) is 0. The van der Waals surface area contributed by atoms with Gasteiger partial charge in [0.1, 0.15) is 12.4 Å². The Hall–Kier alpha value is -3.01. The fourth-order valence-electron chi connectivity index (χ4n) is 2.64. The van der Waals surface area contributed by atoms with Crippen LogP contribution < -0.4 is 4.74 Å². The van der Waals surface area contributed by atoms with Crippen molar-refractivity contribution < 1.29 is 14.3 Å². The van der Waals surface area contributed by atoms with Gasteiger partial charge in [0.25, 0.3) is 5.91 Å². The molecule has 148 valence electrons. The van der Waals surface area contributed by atoms with Gasteiger partial charge in [0.15, 0.2) is 5.17 Å². The number of hydrogen-bond acceptors (Lipinski definition) is 5. The molecule has 0 atom stereocenters. The van der Waals surface area contributed by atoms with Crippen LogP contribution in [0.5, 0.6) is 5.75 Å². The molecule has 0 aliphatic carbocycles. The summed E-state index contributed by atoms with van der Waals surface area (Å²) in [6.07, 6.45) is 7.07. The van der Waals surface area contributed by atoms with Crippen molar-refractivity contribution in [1.29, 1.82) is 0 Å². The molecule has 3 rings (SSSR count). The summed E-state index contributed by atoms with van der Waals surface area (Å²) in [5.74, 6) is 3.06. The number of nitrogens with zero attached hydrogens (tertiary/aromatic N) is 2. The van der Waals surface area contributed by atoms with Crippen molar-refractivity contribution in [2.24, 2.45) is 4.99 Å². The number of amidine groups is 1. The molecule has 0 spiro atoms. The summed E-state index contributed by atoms with van der Waals surface area (Å²) in [4.78, 5) is 19.9. The molecule has 0 bridgehead atoms. The zero-order valence-electron chi connectivity index (χ0n) is 16.2. The summed E-state index contributed by atoms with van der Waals surface area (Å²) in [7, 11) is 0. The van der Waals surface area contributed by atoms with Crippen LogP contribution in [-0.2, 0) is 9.53 Å². The molecule has 0 saturated carbocycles. The average Bonchev–Trinajstić information content (AvgIpc) is 3.03. The Morgan fingerprint density at radius 1 is 1.17 bits per heavy atom. The van der Waals surface area contributed by atoms with Crippen LogP contribution in [0.15, 0.2) is 64.5 Å². The maximum Gasteiger partial charge on any atom is 0.266 e. The van der Waals surface area contributed by atoms with Gasteiger partial charge < -0.3 is 9.47 Å². The summed E-state index contributed by atoms with van der Waals surface area (Å²) in [5, 5.41) is 0.654. The molecular formula is C23H22N2O3S. The molecule has 1 aliphatic rings. The predicted molar refractivity (Wildman–Crippen MR) is 118 cm³/mol. The van der Waals surface area contributed by atoms with E-state index in [0.717, 1.165) is 11.3 Å². The number of para-hydroxylation sites is 1. The fraction of sp³-hybridized carbons (Fsp3) is 0.217. The van der Waals surface area contributed by atoms with E-state index in [-0.39, 0.29) is 12.5 Å². The Balaban J connectivity index is 1.82. The molecule has 0 N–H and O–H groups in total. The number of amides is 1. The van der Waals surface area contributed by atoms with Gasteiger partial charge in [-0.3, -0.25) is 9.69 Å². The maximum atomic E-state index is 13.0. The molecule has 1 saturated heterocycles. The summed E-state index contributed by atoms with van der Waals surface area (Å²) in [5.41, 5.74) is 1.71. The van der Waals surface area contributed by atoms with Gasteiger partial charge >= 0.3 is 0 Å². The van der Waals surface area contributed by atoms with Crippen molar-refractivity contribution in [2.75, 3.05) is 26.4 Å². The average molecular weight is 407 g/mol. The number of aliphatic imine (C=N–C) groups is 1. The zero-order valence-corrected chi connectivity index (χ0v) is 17.0. The first-order valence-electron chi connectivity index (χ1n) is 9.30. The molecule has 5 nitrogen and oxygen atoms in total. The van der Waals surface area contributed by atoms with E-state index >= 15 is 0 Å². The van der Waals surface area contributed by atoms with Crippen LogP contribution in [-0.4, -0.2) is 42.3 Å². The monoisotopic (exact) mass is 406 g/mol. The molecule has 2 aromatic carbocycles. The number of benzene rings is 2. The second-order valence-electron chi connectivity index (χ2n) is 6.06. The molecule has 29 heavy (non-hydrogen) atoms. The van der Waals surface area contributed by atoms with Crippen molar-refractivity contribution in [3.63, 3.8) is 0 Å². The third-order valence-corrected chi connectivity index (χ3v) is 5.04. The van der Waals surface area contributed by atoms with Crippen LogP contribution in [0.1, 0.15) is 12.5 Å². The van der Waals surface area contributed by atoms with E-state index in [4.69, 9.17) is 15.9 Å².